The molecular formula is C33H51N9O11. The van der Waals surface area contributed by atoms with Crippen molar-refractivity contribution < 1.29 is 53.7 Å². The number of carbonyl (C=O) groups is 8. The van der Waals surface area contributed by atoms with Crippen LogP contribution in [0.1, 0.15) is 52.0 Å². The second-order valence-corrected chi connectivity index (χ2v) is 13.0. The number of carboxylic acids is 1. The summed E-state index contributed by atoms with van der Waals surface area (Å²) in [7, 11) is 0. The van der Waals surface area contributed by atoms with Crippen LogP contribution >= 0.6 is 0 Å². The molecule has 7 atom stereocenters. The van der Waals surface area contributed by atoms with Crippen molar-refractivity contribution in [2.24, 2.45) is 17.4 Å². The Bertz CT molecular complexity index is 1470. The maximum Gasteiger partial charge on any atom is 0.326 e. The Morgan fingerprint density at radius 1 is 0.906 bits per heavy atom. The molecule has 1 aromatic rings. The third kappa shape index (κ3) is 14.7. The second-order valence-electron chi connectivity index (χ2n) is 13.0. The van der Waals surface area contributed by atoms with Crippen LogP contribution in [-0.2, 0) is 44.8 Å². The molecule has 294 valence electrons. The summed E-state index contributed by atoms with van der Waals surface area (Å²) in [5, 5.41) is 45.9. The summed E-state index contributed by atoms with van der Waals surface area (Å²) < 4.78 is 0. The minimum Gasteiger partial charge on any atom is -0.508 e. The summed E-state index contributed by atoms with van der Waals surface area (Å²) in [6.45, 7) is 3.29. The van der Waals surface area contributed by atoms with Gasteiger partial charge in [-0.1, -0.05) is 26.0 Å². The van der Waals surface area contributed by atoms with Crippen LogP contribution in [0.4, 0.5) is 0 Å². The molecule has 1 aliphatic rings. The molecule has 53 heavy (non-hydrogen) atoms. The number of aliphatic carboxylic acids is 1. The van der Waals surface area contributed by atoms with Crippen molar-refractivity contribution in [3.8, 4) is 5.75 Å². The predicted molar refractivity (Wildman–Crippen MR) is 187 cm³/mol. The van der Waals surface area contributed by atoms with Gasteiger partial charge in [0.05, 0.1) is 25.1 Å². The number of benzene rings is 1. The number of carboxylic acid groups (broad SMARTS) is 1. The van der Waals surface area contributed by atoms with Crippen molar-refractivity contribution >= 4 is 47.3 Å². The van der Waals surface area contributed by atoms with E-state index in [0.717, 1.165) is 6.92 Å². The first kappa shape index (κ1) is 43.8. The Labute approximate surface area is 305 Å². The van der Waals surface area contributed by atoms with E-state index in [9.17, 15) is 53.7 Å². The summed E-state index contributed by atoms with van der Waals surface area (Å²) in [6.07, 6.45) is -1.31. The molecule has 0 unspecified atom stereocenters. The molecule has 1 aliphatic heterocycles. The lowest BCUT2D eigenvalue weighted by Crippen LogP contribution is -2.63. The van der Waals surface area contributed by atoms with Gasteiger partial charge in [0.25, 0.3) is 0 Å². The highest BCUT2D eigenvalue weighted by Gasteiger charge is 2.36. The van der Waals surface area contributed by atoms with Crippen LogP contribution in [0.2, 0.25) is 0 Å². The molecule has 1 aromatic carbocycles. The lowest BCUT2D eigenvalue weighted by molar-refractivity contribution is -0.144. The molecule has 0 radical (unpaired) electrons. The van der Waals surface area contributed by atoms with Gasteiger partial charge in [-0.15, -0.1) is 0 Å². The Balaban J connectivity index is 2.33. The number of carbonyl (C=O) groups excluding carboxylic acids is 7. The average molecular weight is 750 g/mol. The van der Waals surface area contributed by atoms with Gasteiger partial charge in [0.15, 0.2) is 0 Å². The number of amides is 7. The third-order valence-electron chi connectivity index (χ3n) is 8.21. The van der Waals surface area contributed by atoms with E-state index in [-0.39, 0.29) is 18.6 Å². The summed E-state index contributed by atoms with van der Waals surface area (Å²) in [5.41, 5.74) is 12.3. The van der Waals surface area contributed by atoms with Crippen molar-refractivity contribution in [2.45, 2.75) is 95.2 Å². The van der Waals surface area contributed by atoms with E-state index < -0.39 is 115 Å². The predicted octanol–water partition coefficient (Wildman–Crippen LogP) is -4.43. The van der Waals surface area contributed by atoms with E-state index in [1.165, 1.54) is 26.0 Å². The molecule has 0 bridgehead atoms. The van der Waals surface area contributed by atoms with Gasteiger partial charge in [0, 0.05) is 6.54 Å². The molecule has 1 saturated heterocycles. The number of hydrogen-bond donors (Lipinski definition) is 12. The van der Waals surface area contributed by atoms with Crippen LogP contribution in [0, 0.1) is 5.92 Å². The van der Waals surface area contributed by atoms with Gasteiger partial charge in [-0.05, 0) is 62.8 Å². The molecule has 2 rings (SSSR count). The van der Waals surface area contributed by atoms with Gasteiger partial charge in [0.2, 0.25) is 41.4 Å². The number of phenolic OH excluding ortho intramolecular Hbond substituents is 1. The Hall–Kier alpha value is -5.34. The molecular weight excluding hydrogens is 698 g/mol. The van der Waals surface area contributed by atoms with Gasteiger partial charge in [0.1, 0.15) is 36.0 Å². The summed E-state index contributed by atoms with van der Waals surface area (Å²) in [6, 6.07) is -2.76. The van der Waals surface area contributed by atoms with Crippen molar-refractivity contribution in [1.82, 2.24) is 37.2 Å². The quantitative estimate of drug-likeness (QED) is 0.0755. The molecule has 14 N–H and O–H groups in total. The lowest BCUT2D eigenvalue weighted by atomic mass is 10.0. The van der Waals surface area contributed by atoms with Gasteiger partial charge in [-0.3, -0.25) is 33.6 Å². The molecule has 1 fully saturated rings. The highest BCUT2D eigenvalue weighted by Crippen LogP contribution is 2.12. The monoisotopic (exact) mass is 749 g/mol. The molecule has 20 nitrogen and oxygen atoms in total. The smallest absolute Gasteiger partial charge is 0.326 e. The van der Waals surface area contributed by atoms with Crippen molar-refractivity contribution in [3.63, 3.8) is 0 Å². The molecule has 20 heteroatoms. The van der Waals surface area contributed by atoms with E-state index >= 15 is 0 Å². The van der Waals surface area contributed by atoms with Crippen molar-refractivity contribution in [2.75, 3.05) is 19.6 Å². The zero-order valence-corrected chi connectivity index (χ0v) is 29.8. The first-order valence-corrected chi connectivity index (χ1v) is 17.1. The van der Waals surface area contributed by atoms with Gasteiger partial charge in [-0.2, -0.15) is 0 Å². The molecule has 0 saturated carbocycles. The molecule has 7 amide bonds. The highest BCUT2D eigenvalue weighted by molar-refractivity contribution is 5.98. The van der Waals surface area contributed by atoms with Crippen LogP contribution in [0.3, 0.4) is 0 Å². The Morgan fingerprint density at radius 2 is 1.57 bits per heavy atom. The summed E-state index contributed by atoms with van der Waals surface area (Å²) in [4.78, 5) is 104. The summed E-state index contributed by atoms with van der Waals surface area (Å²) in [5.74, 6) is -8.41. The van der Waals surface area contributed by atoms with E-state index in [1.807, 2.05) is 0 Å². The fraction of sp³-hybridized carbons (Fsp3) is 0.576. The number of hydrogen-bond acceptors (Lipinski definition) is 12. The van der Waals surface area contributed by atoms with Crippen LogP contribution < -0.4 is 48.7 Å². The van der Waals surface area contributed by atoms with E-state index in [1.54, 1.807) is 12.1 Å². The van der Waals surface area contributed by atoms with E-state index in [0.29, 0.717) is 24.9 Å². The standard InChI is InChI=1S/C33H51N9O11/c1-16(2)26(33(52)53)41-30(49)22-13-24(45)37-15-25(46)36-14-23(31(50)42-27(17(3)43)32(51)39-22)40-29(48)21(6-4-5-11-34)38-28(47)20(35)12-18-7-9-19(44)10-8-18/h7-10,16-17,20-23,26-27,43-44H,4-6,11-15,34-35H2,1-3H3,(H,36,46)(H,37,45)(H,38,47)(H,39,51)(H,40,48)(H,41,49)(H,42,50)(H,52,53)/t17-,20-,21-,22+,23+,26-,27+/m0/s1. The number of rotatable bonds is 15. The van der Waals surface area contributed by atoms with Gasteiger partial charge < -0.3 is 64.0 Å². The molecule has 0 aromatic heterocycles. The number of unbranched alkanes of at least 4 members (excludes halogenated alkanes) is 1. The Morgan fingerprint density at radius 3 is 2.15 bits per heavy atom. The lowest BCUT2D eigenvalue weighted by Gasteiger charge is -2.29. The fourth-order valence-electron chi connectivity index (χ4n) is 5.11. The van der Waals surface area contributed by atoms with Gasteiger partial charge >= 0.3 is 5.97 Å². The first-order chi connectivity index (χ1) is 24.9. The number of phenols is 1. The number of nitrogens with two attached hydrogens (primary N) is 2. The summed E-state index contributed by atoms with van der Waals surface area (Å²) >= 11 is 0. The van der Waals surface area contributed by atoms with Crippen molar-refractivity contribution in [3.05, 3.63) is 29.8 Å². The third-order valence-corrected chi connectivity index (χ3v) is 8.21. The minimum absolute atomic E-state index is 0.0240. The Kier molecular flexibility index (Phi) is 17.6. The van der Waals surface area contributed by atoms with Crippen LogP contribution in [-0.4, -0.2) is 125 Å². The minimum atomic E-state index is -1.77. The van der Waals surface area contributed by atoms with Gasteiger partial charge in [-0.25, -0.2) is 4.79 Å². The zero-order valence-electron chi connectivity index (χ0n) is 29.8. The number of nitrogens with one attached hydrogen (secondary N) is 7. The maximum atomic E-state index is 13.6. The van der Waals surface area contributed by atoms with Crippen LogP contribution in [0.15, 0.2) is 24.3 Å². The SMILES string of the molecule is CC(C)[C@H](NC(=O)[C@H]1CC(=O)NCC(=O)NC[C@@H](NC(=O)[C@H](CCCCN)NC(=O)[C@@H](N)Cc2ccc(O)cc2)C(=O)N[C@H]([C@H](C)O)C(=O)N1)C(=O)O. The van der Waals surface area contributed by atoms with Crippen LogP contribution in [0.25, 0.3) is 0 Å². The van der Waals surface area contributed by atoms with E-state index in [4.69, 9.17) is 11.5 Å². The zero-order chi connectivity index (χ0) is 39.8. The van der Waals surface area contributed by atoms with E-state index in [2.05, 4.69) is 37.2 Å². The van der Waals surface area contributed by atoms with Crippen molar-refractivity contribution in [1.29, 1.82) is 0 Å². The molecule has 0 aliphatic carbocycles. The first-order valence-electron chi connectivity index (χ1n) is 17.1. The number of aliphatic hydroxyl groups is 1. The largest absolute Gasteiger partial charge is 0.508 e. The fourth-order valence-corrected chi connectivity index (χ4v) is 5.11. The average Bonchev–Trinajstić information content (AvgIpc) is 3.09. The normalized spacial score (nSPS) is 20.9. The number of aliphatic hydroxyl groups excluding tert-OH is 1. The molecule has 0 spiro atoms. The van der Waals surface area contributed by atoms with Crippen LogP contribution in [0.5, 0.6) is 5.75 Å². The maximum absolute atomic E-state index is 13.6. The second kappa shape index (κ2) is 21.2. The topological polar surface area (TPSA) is 334 Å². The number of aromatic hydroxyl groups is 1. The molecule has 1 heterocycles. The highest BCUT2D eigenvalue weighted by atomic mass is 16.4.